The van der Waals surface area contributed by atoms with Crippen molar-refractivity contribution in [1.82, 2.24) is 5.16 Å². The molecular weight excluding hydrogens is 358 g/mol. The Balaban J connectivity index is 1.66. The Bertz CT molecular complexity index is 905. The summed E-state index contributed by atoms with van der Waals surface area (Å²) in [7, 11) is 3.03. The molecule has 0 aliphatic rings. The van der Waals surface area contributed by atoms with Crippen molar-refractivity contribution in [2.45, 2.75) is 6.61 Å². The zero-order valence-corrected chi connectivity index (χ0v) is 14.9. The van der Waals surface area contributed by atoms with E-state index >= 15 is 0 Å². The lowest BCUT2D eigenvalue weighted by atomic mass is 10.1. The fourth-order valence-corrected chi connectivity index (χ4v) is 2.44. The van der Waals surface area contributed by atoms with Crippen LogP contribution in [-0.2, 0) is 11.3 Å². The first-order valence-corrected chi connectivity index (χ1v) is 8.09. The fraction of sp³-hybridized carbons (Fsp3) is 0.158. The van der Waals surface area contributed by atoms with Crippen LogP contribution >= 0.6 is 11.6 Å². The third kappa shape index (κ3) is 3.97. The number of esters is 1. The molecule has 0 N–H and O–H groups in total. The molecule has 1 heterocycles. The number of benzene rings is 2. The zero-order chi connectivity index (χ0) is 18.5. The summed E-state index contributed by atoms with van der Waals surface area (Å²) in [5, 5.41) is 4.55. The van der Waals surface area contributed by atoms with E-state index in [1.165, 1.54) is 14.2 Å². The van der Waals surface area contributed by atoms with Gasteiger partial charge in [-0.3, -0.25) is 0 Å². The Morgan fingerprint density at radius 1 is 1.04 bits per heavy atom. The molecule has 7 heteroatoms. The van der Waals surface area contributed by atoms with Crippen LogP contribution in [0.2, 0.25) is 5.02 Å². The first kappa shape index (κ1) is 17.8. The molecule has 0 atom stereocenters. The lowest BCUT2D eigenvalue weighted by molar-refractivity contribution is 0.0464. The quantitative estimate of drug-likeness (QED) is 0.597. The van der Waals surface area contributed by atoms with Gasteiger partial charge in [0.2, 0.25) is 0 Å². The number of rotatable bonds is 6. The fourth-order valence-electron chi connectivity index (χ4n) is 2.32. The molecule has 0 amide bonds. The van der Waals surface area contributed by atoms with Crippen molar-refractivity contribution in [3.8, 4) is 22.8 Å². The summed E-state index contributed by atoms with van der Waals surface area (Å²) in [6.45, 7) is -0.00965. The van der Waals surface area contributed by atoms with E-state index in [1.807, 2.05) is 12.1 Å². The maximum Gasteiger partial charge on any atom is 0.338 e. The normalized spacial score (nSPS) is 10.4. The van der Waals surface area contributed by atoms with Gasteiger partial charge < -0.3 is 18.7 Å². The average Bonchev–Trinajstić information content (AvgIpc) is 3.15. The van der Waals surface area contributed by atoms with Crippen molar-refractivity contribution >= 4 is 17.6 Å². The smallest absolute Gasteiger partial charge is 0.338 e. The van der Waals surface area contributed by atoms with E-state index in [4.69, 9.17) is 30.3 Å². The summed E-state index contributed by atoms with van der Waals surface area (Å²) in [6.07, 6.45) is 0. The van der Waals surface area contributed by atoms with Gasteiger partial charge in [0, 0.05) is 16.7 Å². The molecule has 6 nitrogen and oxygen atoms in total. The van der Waals surface area contributed by atoms with Crippen molar-refractivity contribution in [3.05, 3.63) is 64.8 Å². The molecule has 1 aromatic heterocycles. The van der Waals surface area contributed by atoms with Crippen molar-refractivity contribution in [1.29, 1.82) is 0 Å². The molecule has 2 aromatic carbocycles. The molecule has 0 aliphatic carbocycles. The van der Waals surface area contributed by atoms with Gasteiger partial charge in [-0.1, -0.05) is 16.8 Å². The number of carbonyl (C=O) groups excluding carboxylic acids is 1. The van der Waals surface area contributed by atoms with Crippen LogP contribution in [0.5, 0.6) is 11.5 Å². The predicted molar refractivity (Wildman–Crippen MR) is 95.6 cm³/mol. The highest BCUT2D eigenvalue weighted by atomic mass is 35.5. The van der Waals surface area contributed by atoms with Crippen molar-refractivity contribution in [2.75, 3.05) is 14.2 Å². The average molecular weight is 374 g/mol. The second-order valence-electron chi connectivity index (χ2n) is 5.34. The van der Waals surface area contributed by atoms with E-state index in [0.717, 1.165) is 5.56 Å². The monoisotopic (exact) mass is 373 g/mol. The number of methoxy groups -OCH3 is 2. The van der Waals surface area contributed by atoms with Crippen LogP contribution in [0.3, 0.4) is 0 Å². The Morgan fingerprint density at radius 3 is 2.46 bits per heavy atom. The number of ether oxygens (including phenoxy) is 3. The van der Waals surface area contributed by atoms with Crippen LogP contribution in [0.4, 0.5) is 0 Å². The van der Waals surface area contributed by atoms with Gasteiger partial charge in [0.05, 0.1) is 19.8 Å². The molecule has 3 aromatic rings. The van der Waals surface area contributed by atoms with E-state index in [9.17, 15) is 4.79 Å². The summed E-state index contributed by atoms with van der Waals surface area (Å²) >= 11 is 5.87. The SMILES string of the molecule is COc1ccc(C(=O)OCc2cc(-c3ccc(Cl)cc3)on2)cc1OC. The molecule has 0 radical (unpaired) electrons. The minimum atomic E-state index is -0.498. The first-order valence-electron chi connectivity index (χ1n) is 7.71. The Kier molecular flexibility index (Phi) is 5.43. The standard InChI is InChI=1S/C19H16ClNO5/c1-23-16-8-5-13(9-18(16)24-2)19(22)25-11-15-10-17(26-21-15)12-3-6-14(20)7-4-12/h3-10H,11H2,1-2H3. The highest BCUT2D eigenvalue weighted by molar-refractivity contribution is 6.30. The Hall–Kier alpha value is -2.99. The van der Waals surface area contributed by atoms with Crippen molar-refractivity contribution in [3.63, 3.8) is 0 Å². The van der Waals surface area contributed by atoms with Gasteiger partial charge in [0.15, 0.2) is 17.3 Å². The molecule has 0 aliphatic heterocycles. The number of hydrogen-bond acceptors (Lipinski definition) is 6. The van der Waals surface area contributed by atoms with Crippen LogP contribution < -0.4 is 9.47 Å². The molecule has 0 unspecified atom stereocenters. The van der Waals surface area contributed by atoms with E-state index in [-0.39, 0.29) is 6.61 Å². The Labute approximate surface area is 155 Å². The lowest BCUT2D eigenvalue weighted by Gasteiger charge is -2.09. The molecule has 0 spiro atoms. The lowest BCUT2D eigenvalue weighted by Crippen LogP contribution is -2.06. The van der Waals surface area contributed by atoms with Gasteiger partial charge in [-0.15, -0.1) is 0 Å². The highest BCUT2D eigenvalue weighted by Crippen LogP contribution is 2.28. The van der Waals surface area contributed by atoms with Crippen LogP contribution in [0.25, 0.3) is 11.3 Å². The zero-order valence-electron chi connectivity index (χ0n) is 14.2. The first-order chi connectivity index (χ1) is 12.6. The van der Waals surface area contributed by atoms with E-state index in [2.05, 4.69) is 5.16 Å². The molecule has 3 rings (SSSR count). The number of halogens is 1. The van der Waals surface area contributed by atoms with Gasteiger partial charge in [0.25, 0.3) is 0 Å². The van der Waals surface area contributed by atoms with Gasteiger partial charge in [-0.05, 0) is 42.5 Å². The van der Waals surface area contributed by atoms with Crippen LogP contribution in [-0.4, -0.2) is 25.3 Å². The van der Waals surface area contributed by atoms with Gasteiger partial charge >= 0.3 is 5.97 Å². The molecule has 0 saturated carbocycles. The largest absolute Gasteiger partial charge is 0.493 e. The maximum absolute atomic E-state index is 12.2. The second kappa shape index (κ2) is 7.93. The van der Waals surface area contributed by atoms with E-state index < -0.39 is 5.97 Å². The number of aromatic nitrogens is 1. The molecular formula is C19H16ClNO5. The van der Waals surface area contributed by atoms with Crippen LogP contribution in [0.15, 0.2) is 53.1 Å². The third-order valence-corrected chi connectivity index (χ3v) is 3.91. The summed E-state index contributed by atoms with van der Waals surface area (Å²) in [5.41, 5.74) is 1.69. The number of carbonyl (C=O) groups is 1. The molecule has 0 bridgehead atoms. The molecule has 26 heavy (non-hydrogen) atoms. The van der Waals surface area contributed by atoms with Crippen molar-refractivity contribution < 1.29 is 23.5 Å². The predicted octanol–water partition coefficient (Wildman–Crippen LogP) is 4.37. The van der Waals surface area contributed by atoms with Crippen molar-refractivity contribution in [2.24, 2.45) is 0 Å². The van der Waals surface area contributed by atoms with E-state index in [0.29, 0.717) is 33.5 Å². The van der Waals surface area contributed by atoms with Gasteiger partial charge in [-0.2, -0.15) is 0 Å². The molecule has 134 valence electrons. The summed E-state index contributed by atoms with van der Waals surface area (Å²) in [4.78, 5) is 12.2. The maximum atomic E-state index is 12.2. The third-order valence-electron chi connectivity index (χ3n) is 3.66. The van der Waals surface area contributed by atoms with Gasteiger partial charge in [-0.25, -0.2) is 4.79 Å². The highest BCUT2D eigenvalue weighted by Gasteiger charge is 2.14. The molecule has 0 fully saturated rings. The number of hydrogen-bond donors (Lipinski definition) is 0. The molecule has 0 saturated heterocycles. The summed E-state index contributed by atoms with van der Waals surface area (Å²) in [5.74, 6) is 1.06. The summed E-state index contributed by atoms with van der Waals surface area (Å²) in [6, 6.07) is 13.7. The number of nitrogens with zero attached hydrogens (tertiary/aromatic N) is 1. The minimum Gasteiger partial charge on any atom is -0.493 e. The topological polar surface area (TPSA) is 70.8 Å². The van der Waals surface area contributed by atoms with E-state index in [1.54, 1.807) is 36.4 Å². The minimum absolute atomic E-state index is 0.00965. The van der Waals surface area contributed by atoms with Crippen LogP contribution in [0, 0.1) is 0 Å². The Morgan fingerprint density at radius 2 is 1.77 bits per heavy atom. The summed E-state index contributed by atoms with van der Waals surface area (Å²) < 4.78 is 20.9. The van der Waals surface area contributed by atoms with Crippen LogP contribution in [0.1, 0.15) is 16.1 Å². The second-order valence-corrected chi connectivity index (χ2v) is 5.77. The van der Waals surface area contributed by atoms with Gasteiger partial charge in [0.1, 0.15) is 12.3 Å².